The Hall–Kier alpha value is -0.430. The summed E-state index contributed by atoms with van der Waals surface area (Å²) in [6.45, 7) is 4.31. The van der Waals surface area contributed by atoms with Crippen molar-refractivity contribution in [3.05, 3.63) is 15.8 Å². The summed E-state index contributed by atoms with van der Waals surface area (Å²) in [5.74, 6) is 1.21. The lowest BCUT2D eigenvalue weighted by Crippen LogP contribution is -2.31. The standard InChI is InChI=1S/C14H23NO3S2/c1-10-3-5-12(6-4-10)7-15-20(17,18)14-11(2)9-19-13(14)8-16/h9-10,12,15-16H,3-8H2,1-2H3. The molecular weight excluding hydrogens is 294 g/mol. The summed E-state index contributed by atoms with van der Waals surface area (Å²) < 4.78 is 27.5. The molecule has 0 bridgehead atoms. The third-order valence-corrected chi connectivity index (χ3v) is 6.97. The number of sulfonamides is 1. The van der Waals surface area contributed by atoms with Crippen molar-refractivity contribution < 1.29 is 13.5 Å². The zero-order chi connectivity index (χ0) is 14.8. The summed E-state index contributed by atoms with van der Waals surface area (Å²) in [4.78, 5) is 0.793. The zero-order valence-corrected chi connectivity index (χ0v) is 13.7. The molecule has 20 heavy (non-hydrogen) atoms. The van der Waals surface area contributed by atoms with Crippen LogP contribution in [0.3, 0.4) is 0 Å². The SMILES string of the molecule is Cc1csc(CO)c1S(=O)(=O)NCC1CCC(C)CC1. The molecule has 114 valence electrons. The minimum Gasteiger partial charge on any atom is -0.391 e. The first kappa shape index (κ1) is 15.9. The van der Waals surface area contributed by atoms with Crippen molar-refractivity contribution in [2.75, 3.05) is 6.54 Å². The minimum absolute atomic E-state index is 0.226. The highest BCUT2D eigenvalue weighted by atomic mass is 32.2. The van der Waals surface area contributed by atoms with Gasteiger partial charge in [-0.2, -0.15) is 0 Å². The summed E-state index contributed by atoms with van der Waals surface area (Å²) >= 11 is 1.30. The van der Waals surface area contributed by atoms with Crippen molar-refractivity contribution in [3.8, 4) is 0 Å². The van der Waals surface area contributed by atoms with Gasteiger partial charge in [0.1, 0.15) is 4.90 Å². The fourth-order valence-electron chi connectivity index (χ4n) is 2.79. The molecule has 2 rings (SSSR count). The van der Waals surface area contributed by atoms with E-state index in [1.165, 1.54) is 24.2 Å². The number of aryl methyl sites for hydroxylation is 1. The number of hydrogen-bond donors (Lipinski definition) is 2. The van der Waals surface area contributed by atoms with Crippen molar-refractivity contribution in [2.24, 2.45) is 11.8 Å². The maximum atomic E-state index is 12.4. The average Bonchev–Trinajstić information content (AvgIpc) is 2.80. The second-order valence-electron chi connectivity index (χ2n) is 5.81. The van der Waals surface area contributed by atoms with E-state index in [2.05, 4.69) is 11.6 Å². The highest BCUT2D eigenvalue weighted by Gasteiger charge is 2.25. The minimum atomic E-state index is -3.50. The first-order chi connectivity index (χ1) is 9.44. The largest absolute Gasteiger partial charge is 0.391 e. The topological polar surface area (TPSA) is 66.4 Å². The molecule has 1 aliphatic carbocycles. The van der Waals surface area contributed by atoms with Gasteiger partial charge in [0, 0.05) is 6.54 Å². The van der Waals surface area contributed by atoms with E-state index >= 15 is 0 Å². The van der Waals surface area contributed by atoms with Crippen molar-refractivity contribution in [1.29, 1.82) is 0 Å². The normalized spacial score (nSPS) is 23.9. The van der Waals surface area contributed by atoms with Crippen LogP contribution in [0.5, 0.6) is 0 Å². The Morgan fingerprint density at radius 2 is 2.00 bits per heavy atom. The molecule has 0 radical (unpaired) electrons. The molecule has 1 aromatic heterocycles. The van der Waals surface area contributed by atoms with Gasteiger partial charge in [0.2, 0.25) is 10.0 Å². The maximum Gasteiger partial charge on any atom is 0.242 e. The van der Waals surface area contributed by atoms with Crippen LogP contribution >= 0.6 is 11.3 Å². The van der Waals surface area contributed by atoms with Crippen molar-refractivity contribution in [1.82, 2.24) is 4.72 Å². The molecule has 0 spiro atoms. The Bertz CT molecular complexity index is 543. The van der Waals surface area contributed by atoms with Gasteiger partial charge in [0.15, 0.2) is 0 Å². The second-order valence-corrected chi connectivity index (χ2v) is 8.47. The Labute approximate surface area is 125 Å². The monoisotopic (exact) mass is 317 g/mol. The molecule has 0 aromatic carbocycles. The molecule has 0 unspecified atom stereocenters. The van der Waals surface area contributed by atoms with Gasteiger partial charge >= 0.3 is 0 Å². The molecule has 2 N–H and O–H groups in total. The van der Waals surface area contributed by atoms with Crippen LogP contribution in [0, 0.1) is 18.8 Å². The molecule has 0 saturated heterocycles. The average molecular weight is 317 g/mol. The van der Waals surface area contributed by atoms with Gasteiger partial charge in [-0.15, -0.1) is 11.3 Å². The van der Waals surface area contributed by atoms with Crippen molar-refractivity contribution >= 4 is 21.4 Å². The van der Waals surface area contributed by atoms with Crippen LogP contribution in [-0.2, 0) is 16.6 Å². The summed E-state index contributed by atoms with van der Waals surface area (Å²) in [6.07, 6.45) is 4.57. The fourth-order valence-corrected chi connectivity index (χ4v) is 5.56. The van der Waals surface area contributed by atoms with Gasteiger partial charge in [0.25, 0.3) is 0 Å². The molecule has 4 nitrogen and oxygen atoms in total. The van der Waals surface area contributed by atoms with E-state index in [0.29, 0.717) is 22.9 Å². The fraction of sp³-hybridized carbons (Fsp3) is 0.714. The molecule has 1 saturated carbocycles. The molecule has 1 heterocycles. The van der Waals surface area contributed by atoms with Gasteiger partial charge < -0.3 is 5.11 Å². The Morgan fingerprint density at radius 3 is 2.60 bits per heavy atom. The van der Waals surface area contributed by atoms with E-state index in [1.54, 1.807) is 12.3 Å². The summed E-state index contributed by atoms with van der Waals surface area (Å²) in [7, 11) is -3.50. The molecule has 6 heteroatoms. The van der Waals surface area contributed by atoms with Gasteiger partial charge in [-0.3, -0.25) is 0 Å². The summed E-state index contributed by atoms with van der Waals surface area (Å²) in [6, 6.07) is 0. The van der Waals surface area contributed by atoms with Crippen LogP contribution in [0.2, 0.25) is 0 Å². The second kappa shape index (κ2) is 6.56. The first-order valence-corrected chi connectivity index (χ1v) is 9.47. The quantitative estimate of drug-likeness (QED) is 0.877. The smallest absolute Gasteiger partial charge is 0.242 e. The number of aliphatic hydroxyl groups excluding tert-OH is 1. The molecule has 1 aliphatic rings. The van der Waals surface area contributed by atoms with Gasteiger partial charge in [-0.1, -0.05) is 19.8 Å². The Balaban J connectivity index is 2.02. The van der Waals surface area contributed by atoms with Gasteiger partial charge in [-0.25, -0.2) is 13.1 Å². The Morgan fingerprint density at radius 1 is 1.35 bits per heavy atom. The maximum absolute atomic E-state index is 12.4. The first-order valence-electron chi connectivity index (χ1n) is 7.11. The van der Waals surface area contributed by atoms with E-state index in [4.69, 9.17) is 0 Å². The number of nitrogens with one attached hydrogen (secondary N) is 1. The van der Waals surface area contributed by atoms with Gasteiger partial charge in [-0.05, 0) is 42.5 Å². The third-order valence-electron chi connectivity index (χ3n) is 4.10. The van der Waals surface area contributed by atoms with Crippen LogP contribution in [-0.4, -0.2) is 20.1 Å². The molecule has 0 atom stereocenters. The highest BCUT2D eigenvalue weighted by molar-refractivity contribution is 7.89. The van der Waals surface area contributed by atoms with Crippen LogP contribution in [0.1, 0.15) is 43.0 Å². The molecule has 1 fully saturated rings. The number of thiophene rings is 1. The van der Waals surface area contributed by atoms with E-state index < -0.39 is 10.0 Å². The molecule has 0 aliphatic heterocycles. The predicted molar refractivity (Wildman–Crippen MR) is 81.3 cm³/mol. The molecule has 0 amide bonds. The molecular formula is C14H23NO3S2. The number of rotatable bonds is 5. The van der Waals surface area contributed by atoms with E-state index in [0.717, 1.165) is 18.8 Å². The van der Waals surface area contributed by atoms with Crippen LogP contribution in [0.4, 0.5) is 0 Å². The third kappa shape index (κ3) is 3.61. The van der Waals surface area contributed by atoms with Crippen LogP contribution in [0.15, 0.2) is 10.3 Å². The van der Waals surface area contributed by atoms with E-state index in [9.17, 15) is 13.5 Å². The zero-order valence-electron chi connectivity index (χ0n) is 12.1. The highest BCUT2D eigenvalue weighted by Crippen LogP contribution is 2.29. The van der Waals surface area contributed by atoms with Crippen molar-refractivity contribution in [2.45, 2.75) is 51.0 Å². The summed E-state index contributed by atoms with van der Waals surface area (Å²) in [5.41, 5.74) is 0.712. The predicted octanol–water partition coefficient (Wildman–Crippen LogP) is 2.65. The Kier molecular flexibility index (Phi) is 5.23. The van der Waals surface area contributed by atoms with E-state index in [-0.39, 0.29) is 11.5 Å². The number of hydrogen-bond acceptors (Lipinski definition) is 4. The van der Waals surface area contributed by atoms with Crippen molar-refractivity contribution in [3.63, 3.8) is 0 Å². The lowest BCUT2D eigenvalue weighted by Gasteiger charge is -2.26. The molecule has 1 aromatic rings. The van der Waals surface area contributed by atoms with Crippen LogP contribution < -0.4 is 4.72 Å². The van der Waals surface area contributed by atoms with Crippen LogP contribution in [0.25, 0.3) is 0 Å². The summed E-state index contributed by atoms with van der Waals surface area (Å²) in [5, 5.41) is 11.0. The van der Waals surface area contributed by atoms with Gasteiger partial charge in [0.05, 0.1) is 11.5 Å². The number of aliphatic hydroxyl groups is 1. The lowest BCUT2D eigenvalue weighted by molar-refractivity contribution is 0.282. The lowest BCUT2D eigenvalue weighted by atomic mass is 9.83. The van der Waals surface area contributed by atoms with E-state index in [1.807, 2.05) is 0 Å².